The molecule has 1 amide bonds. The Hall–Kier alpha value is -1.56. The first-order chi connectivity index (χ1) is 16.8. The Balaban J connectivity index is 1.72. The number of carbonyl (C=O) groups excluding carboxylic acids is 1. The predicted molar refractivity (Wildman–Crippen MR) is 145 cm³/mol. The minimum Gasteiger partial charge on any atom is -0.302 e. The standard InChI is InChI=1S/C24H31ClN4O3S3/c1-4-27(5-2)14-15-28(24-26-21-17(3)11-12-18(25)22(21)34-24)23(30)19-9-6-7-13-29(19)35(31,32)20-10-8-16-33-20/h8,10-12,16,19H,4-7,9,13-15H2,1-3H3. The number of hydrogen-bond acceptors (Lipinski definition) is 7. The number of thiophene rings is 1. The Morgan fingerprint density at radius 1 is 1.20 bits per heavy atom. The number of aryl methyl sites for hydroxylation is 1. The third-order valence-corrected chi connectivity index (χ3v) is 11.3. The van der Waals surface area contributed by atoms with Crippen LogP contribution in [0.25, 0.3) is 10.2 Å². The Morgan fingerprint density at radius 3 is 2.63 bits per heavy atom. The first-order valence-electron chi connectivity index (χ1n) is 11.9. The second kappa shape index (κ2) is 11.2. The Kier molecular flexibility index (Phi) is 8.50. The molecule has 2 aromatic heterocycles. The molecule has 1 aliphatic rings. The fourth-order valence-corrected chi connectivity index (χ4v) is 8.55. The molecule has 1 saturated heterocycles. The van der Waals surface area contributed by atoms with Crippen LogP contribution in [-0.2, 0) is 14.8 Å². The van der Waals surface area contributed by atoms with Crippen molar-refractivity contribution in [2.24, 2.45) is 0 Å². The van der Waals surface area contributed by atoms with E-state index >= 15 is 0 Å². The van der Waals surface area contributed by atoms with Crippen LogP contribution in [0.4, 0.5) is 5.13 Å². The highest BCUT2D eigenvalue weighted by atomic mass is 35.5. The van der Waals surface area contributed by atoms with Crippen molar-refractivity contribution in [2.45, 2.75) is 50.3 Å². The van der Waals surface area contributed by atoms with Gasteiger partial charge in [0.2, 0.25) is 5.91 Å². The summed E-state index contributed by atoms with van der Waals surface area (Å²) in [6.45, 7) is 9.33. The molecule has 11 heteroatoms. The van der Waals surface area contributed by atoms with Gasteiger partial charge in [-0.2, -0.15) is 4.31 Å². The lowest BCUT2D eigenvalue weighted by Gasteiger charge is -2.36. The SMILES string of the molecule is CCN(CC)CCN(C(=O)C1CCCCN1S(=O)(=O)c1cccs1)c1nc2c(C)ccc(Cl)c2s1. The zero-order valence-corrected chi connectivity index (χ0v) is 23.4. The van der Waals surface area contributed by atoms with Crippen LogP contribution in [0.15, 0.2) is 33.9 Å². The molecule has 1 unspecified atom stereocenters. The summed E-state index contributed by atoms with van der Waals surface area (Å²) in [5, 5.41) is 2.91. The molecular formula is C24H31ClN4O3S3. The zero-order chi connectivity index (χ0) is 25.2. The van der Waals surface area contributed by atoms with Crippen LogP contribution in [-0.4, -0.2) is 67.3 Å². The van der Waals surface area contributed by atoms with Crippen molar-refractivity contribution in [3.63, 3.8) is 0 Å². The zero-order valence-electron chi connectivity index (χ0n) is 20.2. The molecule has 0 saturated carbocycles. The number of likely N-dealkylation sites (N-methyl/N-ethyl adjacent to an activating group) is 1. The summed E-state index contributed by atoms with van der Waals surface area (Å²) < 4.78 is 29.4. The molecule has 0 spiro atoms. The van der Waals surface area contributed by atoms with Crippen molar-refractivity contribution in [2.75, 3.05) is 37.6 Å². The second-order valence-corrected chi connectivity index (χ2v) is 13.1. The summed E-state index contributed by atoms with van der Waals surface area (Å²) in [6, 6.07) is 6.34. The van der Waals surface area contributed by atoms with Gasteiger partial charge in [0, 0.05) is 19.6 Å². The molecule has 0 N–H and O–H groups in total. The summed E-state index contributed by atoms with van der Waals surface area (Å²) in [7, 11) is -3.75. The van der Waals surface area contributed by atoms with Gasteiger partial charge in [-0.25, -0.2) is 13.4 Å². The van der Waals surface area contributed by atoms with Gasteiger partial charge < -0.3 is 4.90 Å². The molecular weight excluding hydrogens is 524 g/mol. The number of piperidine rings is 1. The van der Waals surface area contributed by atoms with Gasteiger partial charge in [-0.05, 0) is 55.9 Å². The monoisotopic (exact) mass is 554 g/mol. The van der Waals surface area contributed by atoms with Crippen molar-refractivity contribution in [3.05, 3.63) is 40.2 Å². The van der Waals surface area contributed by atoms with Crippen LogP contribution >= 0.6 is 34.3 Å². The van der Waals surface area contributed by atoms with E-state index in [1.165, 1.54) is 27.0 Å². The number of nitrogens with zero attached hydrogens (tertiary/aromatic N) is 4. The van der Waals surface area contributed by atoms with Crippen molar-refractivity contribution in [1.82, 2.24) is 14.2 Å². The molecule has 1 aromatic carbocycles. The topological polar surface area (TPSA) is 73.8 Å². The number of halogens is 1. The number of fused-ring (bicyclic) bond motifs is 1. The van der Waals surface area contributed by atoms with Gasteiger partial charge in [0.15, 0.2) is 5.13 Å². The predicted octanol–water partition coefficient (Wildman–Crippen LogP) is 5.24. The third kappa shape index (κ3) is 5.42. The number of sulfonamides is 1. The first-order valence-corrected chi connectivity index (χ1v) is 15.4. The molecule has 0 radical (unpaired) electrons. The lowest BCUT2D eigenvalue weighted by molar-refractivity contribution is -0.123. The van der Waals surface area contributed by atoms with Gasteiger partial charge in [0.1, 0.15) is 10.3 Å². The molecule has 1 fully saturated rings. The highest BCUT2D eigenvalue weighted by molar-refractivity contribution is 7.91. The maximum Gasteiger partial charge on any atom is 0.253 e. The fourth-order valence-electron chi connectivity index (χ4n) is 4.43. The first kappa shape index (κ1) is 26.5. The lowest BCUT2D eigenvalue weighted by Crippen LogP contribution is -2.54. The van der Waals surface area contributed by atoms with Crippen molar-refractivity contribution < 1.29 is 13.2 Å². The van der Waals surface area contributed by atoms with E-state index in [2.05, 4.69) is 18.7 Å². The van der Waals surface area contributed by atoms with Crippen LogP contribution < -0.4 is 4.90 Å². The van der Waals surface area contributed by atoms with Crippen LogP contribution in [0.2, 0.25) is 5.02 Å². The molecule has 4 rings (SSSR count). The van der Waals surface area contributed by atoms with E-state index in [0.29, 0.717) is 36.2 Å². The van der Waals surface area contributed by atoms with Crippen molar-refractivity contribution in [1.29, 1.82) is 0 Å². The highest BCUT2D eigenvalue weighted by Gasteiger charge is 2.40. The van der Waals surface area contributed by atoms with Crippen molar-refractivity contribution in [3.8, 4) is 0 Å². The molecule has 7 nitrogen and oxygen atoms in total. The smallest absolute Gasteiger partial charge is 0.253 e. The number of thiazole rings is 1. The van der Waals surface area contributed by atoms with Gasteiger partial charge in [-0.1, -0.05) is 55.3 Å². The van der Waals surface area contributed by atoms with Crippen LogP contribution in [0.5, 0.6) is 0 Å². The maximum absolute atomic E-state index is 14.1. The van der Waals surface area contributed by atoms with Crippen LogP contribution in [0, 0.1) is 6.92 Å². The van der Waals surface area contributed by atoms with Gasteiger partial charge in [-0.3, -0.25) is 9.69 Å². The number of anilines is 1. The van der Waals surface area contributed by atoms with E-state index in [0.717, 1.165) is 41.7 Å². The van der Waals surface area contributed by atoms with E-state index < -0.39 is 16.1 Å². The van der Waals surface area contributed by atoms with E-state index in [1.807, 2.05) is 19.1 Å². The molecule has 190 valence electrons. The Labute approximate surface area is 220 Å². The summed E-state index contributed by atoms with van der Waals surface area (Å²) in [4.78, 5) is 22.8. The van der Waals surface area contributed by atoms with Crippen molar-refractivity contribution >= 4 is 65.6 Å². The number of benzene rings is 1. The number of rotatable bonds is 9. The van der Waals surface area contributed by atoms with E-state index in [9.17, 15) is 13.2 Å². The van der Waals surface area contributed by atoms with Gasteiger partial charge in [-0.15, -0.1) is 11.3 Å². The second-order valence-electron chi connectivity index (χ2n) is 8.61. The maximum atomic E-state index is 14.1. The largest absolute Gasteiger partial charge is 0.302 e. The minimum absolute atomic E-state index is 0.218. The molecule has 3 heterocycles. The molecule has 35 heavy (non-hydrogen) atoms. The highest BCUT2D eigenvalue weighted by Crippen LogP contribution is 2.37. The van der Waals surface area contributed by atoms with Crippen LogP contribution in [0.1, 0.15) is 38.7 Å². The number of amides is 1. The summed E-state index contributed by atoms with van der Waals surface area (Å²) in [6.07, 6.45) is 2.04. The average molecular weight is 555 g/mol. The van der Waals surface area contributed by atoms with Gasteiger partial charge in [0.25, 0.3) is 10.0 Å². The summed E-state index contributed by atoms with van der Waals surface area (Å²) >= 11 is 9.03. The van der Waals surface area contributed by atoms with E-state index in [-0.39, 0.29) is 10.1 Å². The Morgan fingerprint density at radius 2 is 1.97 bits per heavy atom. The number of carbonyl (C=O) groups is 1. The third-order valence-electron chi connectivity index (χ3n) is 6.51. The van der Waals surface area contributed by atoms with Gasteiger partial charge in [0.05, 0.1) is 15.2 Å². The normalized spacial score (nSPS) is 17.3. The summed E-state index contributed by atoms with van der Waals surface area (Å²) in [5.74, 6) is -0.218. The average Bonchev–Trinajstić information content (AvgIpc) is 3.56. The number of aromatic nitrogens is 1. The molecule has 0 bridgehead atoms. The fraction of sp³-hybridized carbons (Fsp3) is 0.500. The molecule has 1 atom stereocenters. The van der Waals surface area contributed by atoms with E-state index in [4.69, 9.17) is 16.6 Å². The number of hydrogen-bond donors (Lipinski definition) is 0. The Bertz CT molecular complexity index is 1230. The van der Waals surface area contributed by atoms with E-state index in [1.54, 1.807) is 22.4 Å². The quantitative estimate of drug-likeness (QED) is 0.362. The summed E-state index contributed by atoms with van der Waals surface area (Å²) in [5.41, 5.74) is 1.77. The van der Waals surface area contributed by atoms with Gasteiger partial charge >= 0.3 is 0 Å². The lowest BCUT2D eigenvalue weighted by atomic mass is 10.0. The minimum atomic E-state index is -3.75. The molecule has 0 aliphatic carbocycles. The van der Waals surface area contributed by atoms with Crippen LogP contribution in [0.3, 0.4) is 0 Å². The molecule has 1 aliphatic heterocycles. The molecule has 3 aromatic rings.